The van der Waals surface area contributed by atoms with Gasteiger partial charge in [0.15, 0.2) is 5.82 Å². The van der Waals surface area contributed by atoms with Crippen LogP contribution in [0.25, 0.3) is 11.3 Å². The number of halogens is 3. The van der Waals surface area contributed by atoms with Crippen molar-refractivity contribution in [1.29, 1.82) is 5.26 Å². The number of benzene rings is 1. The highest BCUT2D eigenvalue weighted by Gasteiger charge is 2.61. The van der Waals surface area contributed by atoms with Crippen molar-refractivity contribution in [3.05, 3.63) is 35.2 Å². The molecule has 9 heteroatoms. The molecule has 3 aliphatic carbocycles. The first kappa shape index (κ1) is 19.2. The molecule has 0 amide bonds. The Morgan fingerprint density at radius 1 is 1.31 bits per heavy atom. The summed E-state index contributed by atoms with van der Waals surface area (Å²) in [4.78, 5) is 13.0. The second kappa shape index (κ2) is 6.17. The molecule has 0 radical (unpaired) electrons. The van der Waals surface area contributed by atoms with Crippen LogP contribution in [0.1, 0.15) is 42.5 Å². The number of aliphatic imine (C=N–C) groups is 1. The molecule has 6 nitrogen and oxygen atoms in total. The van der Waals surface area contributed by atoms with Crippen LogP contribution < -0.4 is 5.73 Å². The van der Waals surface area contributed by atoms with E-state index >= 15 is 0 Å². The van der Waals surface area contributed by atoms with E-state index in [0.717, 1.165) is 31.7 Å². The van der Waals surface area contributed by atoms with Crippen LogP contribution in [0.15, 0.2) is 23.3 Å². The Hall–Kier alpha value is -3.15. The first-order chi connectivity index (χ1) is 13.6. The highest BCUT2D eigenvalue weighted by molar-refractivity contribution is 5.84. The van der Waals surface area contributed by atoms with Crippen molar-refractivity contribution in [3.63, 3.8) is 0 Å². The lowest BCUT2D eigenvalue weighted by Crippen LogP contribution is -2.40. The summed E-state index contributed by atoms with van der Waals surface area (Å²) < 4.78 is 38.7. The summed E-state index contributed by atoms with van der Waals surface area (Å²) in [6.07, 6.45) is 1.48. The van der Waals surface area contributed by atoms with Crippen molar-refractivity contribution in [2.24, 2.45) is 10.4 Å². The van der Waals surface area contributed by atoms with E-state index in [1.807, 2.05) is 0 Å². The molecule has 0 spiro atoms. The summed E-state index contributed by atoms with van der Waals surface area (Å²) in [5.41, 5.74) is 5.43. The molecule has 3 aliphatic rings. The Bertz CT molecular complexity index is 1040. The highest BCUT2D eigenvalue weighted by atomic mass is 19.4. The van der Waals surface area contributed by atoms with Crippen LogP contribution in [-0.4, -0.2) is 26.8 Å². The minimum atomic E-state index is -4.56. The van der Waals surface area contributed by atoms with E-state index in [1.54, 1.807) is 0 Å². The summed E-state index contributed by atoms with van der Waals surface area (Å²) in [5, 5.41) is 19.3. The van der Waals surface area contributed by atoms with Gasteiger partial charge in [-0.1, -0.05) is 0 Å². The number of phenols is 1. The number of aromatic hydroxyl groups is 1. The number of rotatable bonds is 3. The third kappa shape index (κ3) is 3.18. The lowest BCUT2D eigenvalue weighted by atomic mass is 9.66. The molecule has 2 bridgehead atoms. The number of hydrogen-bond donors (Lipinski definition) is 2. The fraction of sp³-hybridized carbons (Fsp3) is 0.400. The maximum absolute atomic E-state index is 12.9. The summed E-state index contributed by atoms with van der Waals surface area (Å²) in [6.45, 7) is 1.45. The van der Waals surface area contributed by atoms with Crippen LogP contribution >= 0.6 is 0 Å². The molecule has 2 aromatic rings. The van der Waals surface area contributed by atoms with Crippen molar-refractivity contribution < 1.29 is 18.3 Å². The zero-order valence-electron chi connectivity index (χ0n) is 15.6. The summed E-state index contributed by atoms with van der Waals surface area (Å²) >= 11 is 0. The number of nitrogens with two attached hydrogens (primary N) is 1. The summed E-state index contributed by atoms with van der Waals surface area (Å²) in [5.74, 6) is -0.482. The van der Waals surface area contributed by atoms with Crippen LogP contribution in [0.5, 0.6) is 5.75 Å². The quantitative estimate of drug-likeness (QED) is 0.756. The van der Waals surface area contributed by atoms with Crippen molar-refractivity contribution >= 4 is 12.0 Å². The Morgan fingerprint density at radius 2 is 2.03 bits per heavy atom. The molecule has 0 atom stereocenters. The molecule has 0 unspecified atom stereocenters. The number of phenolic OH excluding ortho intramolecular Hbond substituents is 1. The first-order valence-electron chi connectivity index (χ1n) is 9.07. The number of anilines is 1. The number of nitriles is 1. The van der Waals surface area contributed by atoms with Crippen LogP contribution in [-0.2, 0) is 6.18 Å². The molecule has 3 N–H and O–H groups in total. The summed E-state index contributed by atoms with van der Waals surface area (Å²) in [7, 11) is 0. The number of nitrogen functional groups attached to an aromatic ring is 1. The van der Waals surface area contributed by atoms with Crippen molar-refractivity contribution in [1.82, 2.24) is 9.97 Å². The standard InChI is InChI=1S/C20H18F3N5O/c1-11-4-12(20(21,22)23)5-15(29)16(11)13-6-26-14(17(25)28-13)7-27-19-3-2-18(8-19,9-19)10-24/h4-7,29H,2-3,8-9H2,1H3,(H2,25,28). The van der Waals surface area contributed by atoms with E-state index in [-0.39, 0.29) is 33.6 Å². The van der Waals surface area contributed by atoms with Crippen LogP contribution in [0.3, 0.4) is 0 Å². The van der Waals surface area contributed by atoms with E-state index in [9.17, 15) is 23.5 Å². The number of alkyl halides is 3. The van der Waals surface area contributed by atoms with Crippen molar-refractivity contribution in [2.45, 2.75) is 44.3 Å². The summed E-state index contributed by atoms with van der Waals surface area (Å²) in [6, 6.07) is 3.97. The van der Waals surface area contributed by atoms with Crippen LogP contribution in [0, 0.1) is 23.7 Å². The maximum Gasteiger partial charge on any atom is 0.416 e. The molecular weight excluding hydrogens is 383 g/mol. The molecule has 3 saturated carbocycles. The van der Waals surface area contributed by atoms with E-state index in [4.69, 9.17) is 5.73 Å². The molecule has 0 saturated heterocycles. The van der Waals surface area contributed by atoms with E-state index in [2.05, 4.69) is 21.0 Å². The third-order valence-electron chi connectivity index (χ3n) is 5.83. The molecule has 5 rings (SSSR count). The number of hydrogen-bond acceptors (Lipinski definition) is 6. The average molecular weight is 401 g/mol. The van der Waals surface area contributed by atoms with Gasteiger partial charge < -0.3 is 10.8 Å². The zero-order valence-corrected chi connectivity index (χ0v) is 15.6. The third-order valence-corrected chi connectivity index (χ3v) is 5.83. The van der Waals surface area contributed by atoms with Gasteiger partial charge in [-0.25, -0.2) is 9.97 Å². The van der Waals surface area contributed by atoms with Gasteiger partial charge in [-0.05, 0) is 50.3 Å². The Kier molecular flexibility index (Phi) is 4.08. The number of aryl methyl sites for hydroxylation is 1. The molecule has 3 fully saturated rings. The largest absolute Gasteiger partial charge is 0.507 e. The first-order valence-corrected chi connectivity index (χ1v) is 9.07. The zero-order chi connectivity index (χ0) is 21.0. The lowest BCUT2D eigenvalue weighted by Gasteiger charge is -2.40. The predicted octanol–water partition coefficient (Wildman–Crippen LogP) is 4.01. The minimum absolute atomic E-state index is 0.0604. The normalized spacial score (nSPS) is 25.8. The van der Waals surface area contributed by atoms with Crippen molar-refractivity contribution in [3.8, 4) is 23.1 Å². The smallest absolute Gasteiger partial charge is 0.416 e. The van der Waals surface area contributed by atoms with Gasteiger partial charge in [-0.2, -0.15) is 18.4 Å². The van der Waals surface area contributed by atoms with Gasteiger partial charge in [0.05, 0.1) is 40.7 Å². The lowest BCUT2D eigenvalue weighted by molar-refractivity contribution is -0.137. The predicted molar refractivity (Wildman–Crippen MR) is 100 cm³/mol. The van der Waals surface area contributed by atoms with E-state index in [1.165, 1.54) is 19.3 Å². The topological polar surface area (TPSA) is 108 Å². The van der Waals surface area contributed by atoms with Crippen LogP contribution in [0.4, 0.5) is 19.0 Å². The molecule has 1 aromatic heterocycles. The second-order valence-corrected chi connectivity index (χ2v) is 7.94. The molecule has 1 aromatic carbocycles. The van der Waals surface area contributed by atoms with Gasteiger partial charge in [0, 0.05) is 5.56 Å². The SMILES string of the molecule is Cc1cc(C(F)(F)F)cc(O)c1-c1cnc(C=NC23CCC(C#N)(C2)C3)c(N)n1. The van der Waals surface area contributed by atoms with E-state index < -0.39 is 17.5 Å². The second-order valence-electron chi connectivity index (χ2n) is 7.94. The average Bonchev–Trinajstić information content (AvgIpc) is 3.16. The number of nitrogens with zero attached hydrogens (tertiary/aromatic N) is 4. The van der Waals surface area contributed by atoms with Gasteiger partial charge in [-0.15, -0.1) is 0 Å². The minimum Gasteiger partial charge on any atom is -0.507 e. The van der Waals surface area contributed by atoms with Crippen molar-refractivity contribution in [2.75, 3.05) is 5.73 Å². The molecule has 0 aliphatic heterocycles. The van der Waals surface area contributed by atoms with Gasteiger partial charge in [0.1, 0.15) is 11.4 Å². The maximum atomic E-state index is 12.9. The Balaban J connectivity index is 1.60. The fourth-order valence-corrected chi connectivity index (χ4v) is 4.42. The Morgan fingerprint density at radius 3 is 2.59 bits per heavy atom. The highest BCUT2D eigenvalue weighted by Crippen LogP contribution is 2.63. The molecule has 1 heterocycles. The van der Waals surface area contributed by atoms with Gasteiger partial charge >= 0.3 is 6.18 Å². The number of fused-ring (bicyclic) bond motifs is 1. The molecule has 150 valence electrons. The number of aromatic nitrogens is 2. The monoisotopic (exact) mass is 401 g/mol. The van der Waals surface area contributed by atoms with Crippen LogP contribution in [0.2, 0.25) is 0 Å². The van der Waals surface area contributed by atoms with E-state index in [0.29, 0.717) is 11.8 Å². The molecule has 29 heavy (non-hydrogen) atoms. The molecular formula is C20H18F3N5O. The van der Waals surface area contributed by atoms with Gasteiger partial charge in [0.25, 0.3) is 0 Å². The van der Waals surface area contributed by atoms with Gasteiger partial charge in [0.2, 0.25) is 0 Å². The fourth-order valence-electron chi connectivity index (χ4n) is 4.42. The van der Waals surface area contributed by atoms with Gasteiger partial charge in [-0.3, -0.25) is 4.99 Å². The Labute approximate surface area is 164 Å².